The van der Waals surface area contributed by atoms with E-state index in [9.17, 15) is 4.79 Å². The molecule has 2 fully saturated rings. The molecule has 0 aromatic rings. The second kappa shape index (κ2) is 5.12. The molecule has 2 saturated heterocycles. The standard InChI is InChI=1S/C11H21N3O2/c1-8-7-14(5-3-12-8)11(15)10-9(2)16-6-4-13-10/h8-10,12-13H,3-7H2,1-2H3/t8?,9-,10+/m1/s1. The van der Waals surface area contributed by atoms with Crippen LogP contribution >= 0.6 is 0 Å². The maximum Gasteiger partial charge on any atom is 0.242 e. The van der Waals surface area contributed by atoms with Crippen molar-refractivity contribution in [2.75, 3.05) is 32.8 Å². The molecule has 0 aromatic heterocycles. The third kappa shape index (κ3) is 2.53. The summed E-state index contributed by atoms with van der Waals surface area (Å²) in [6, 6.07) is 0.219. The molecule has 2 N–H and O–H groups in total. The highest BCUT2D eigenvalue weighted by Gasteiger charge is 2.33. The van der Waals surface area contributed by atoms with Gasteiger partial charge in [-0.2, -0.15) is 0 Å². The minimum atomic E-state index is -0.168. The molecule has 0 aliphatic carbocycles. The lowest BCUT2D eigenvalue weighted by Gasteiger charge is -2.37. The van der Waals surface area contributed by atoms with Gasteiger partial charge in [0.15, 0.2) is 0 Å². The zero-order valence-electron chi connectivity index (χ0n) is 10.0. The van der Waals surface area contributed by atoms with Crippen molar-refractivity contribution in [2.24, 2.45) is 0 Å². The van der Waals surface area contributed by atoms with E-state index in [1.54, 1.807) is 0 Å². The van der Waals surface area contributed by atoms with Crippen LogP contribution in [0.4, 0.5) is 0 Å². The van der Waals surface area contributed by atoms with E-state index < -0.39 is 0 Å². The zero-order chi connectivity index (χ0) is 11.5. The maximum atomic E-state index is 12.3. The number of rotatable bonds is 1. The van der Waals surface area contributed by atoms with Crippen LogP contribution in [0.3, 0.4) is 0 Å². The van der Waals surface area contributed by atoms with E-state index in [1.165, 1.54) is 0 Å². The van der Waals surface area contributed by atoms with Gasteiger partial charge in [0.2, 0.25) is 5.91 Å². The summed E-state index contributed by atoms with van der Waals surface area (Å²) in [5, 5.41) is 6.58. The molecule has 92 valence electrons. The third-order valence-electron chi connectivity index (χ3n) is 3.26. The summed E-state index contributed by atoms with van der Waals surface area (Å²) in [5.41, 5.74) is 0. The molecular formula is C11H21N3O2. The number of hydrogen-bond acceptors (Lipinski definition) is 4. The Morgan fingerprint density at radius 1 is 1.31 bits per heavy atom. The Bertz CT molecular complexity index is 260. The Labute approximate surface area is 96.5 Å². The van der Waals surface area contributed by atoms with Crippen LogP contribution in [-0.4, -0.2) is 61.8 Å². The first kappa shape index (κ1) is 11.8. The lowest BCUT2D eigenvalue weighted by Crippen LogP contribution is -2.60. The number of amides is 1. The lowest BCUT2D eigenvalue weighted by atomic mass is 10.1. The van der Waals surface area contributed by atoms with E-state index in [0.717, 1.165) is 26.2 Å². The average Bonchev–Trinajstić information content (AvgIpc) is 2.29. The molecule has 0 aromatic carbocycles. The van der Waals surface area contributed by atoms with Gasteiger partial charge in [-0.3, -0.25) is 4.79 Å². The van der Waals surface area contributed by atoms with Crippen molar-refractivity contribution in [3.05, 3.63) is 0 Å². The van der Waals surface area contributed by atoms with Gasteiger partial charge in [0.25, 0.3) is 0 Å². The van der Waals surface area contributed by atoms with Crippen LogP contribution in [0, 0.1) is 0 Å². The second-order valence-corrected chi connectivity index (χ2v) is 4.65. The van der Waals surface area contributed by atoms with E-state index in [1.807, 2.05) is 11.8 Å². The van der Waals surface area contributed by atoms with Gasteiger partial charge in [-0.15, -0.1) is 0 Å². The Balaban J connectivity index is 1.94. The summed E-state index contributed by atoms with van der Waals surface area (Å²) >= 11 is 0. The van der Waals surface area contributed by atoms with E-state index in [2.05, 4.69) is 17.6 Å². The molecule has 2 aliphatic rings. The van der Waals surface area contributed by atoms with E-state index in [4.69, 9.17) is 4.74 Å². The van der Waals surface area contributed by atoms with Crippen molar-refractivity contribution >= 4 is 5.91 Å². The normalized spacial score (nSPS) is 36.1. The summed E-state index contributed by atoms with van der Waals surface area (Å²) in [4.78, 5) is 14.2. The summed E-state index contributed by atoms with van der Waals surface area (Å²) in [7, 11) is 0. The Morgan fingerprint density at radius 3 is 2.81 bits per heavy atom. The predicted molar refractivity (Wildman–Crippen MR) is 61.2 cm³/mol. The van der Waals surface area contributed by atoms with Gasteiger partial charge in [-0.25, -0.2) is 0 Å². The number of piperazine rings is 1. The van der Waals surface area contributed by atoms with Crippen LogP contribution in [0.2, 0.25) is 0 Å². The van der Waals surface area contributed by atoms with Crippen molar-refractivity contribution in [2.45, 2.75) is 32.0 Å². The van der Waals surface area contributed by atoms with Crippen LogP contribution in [-0.2, 0) is 9.53 Å². The van der Waals surface area contributed by atoms with Gasteiger partial charge in [-0.05, 0) is 13.8 Å². The van der Waals surface area contributed by atoms with Crippen molar-refractivity contribution in [3.8, 4) is 0 Å². The highest BCUT2D eigenvalue weighted by molar-refractivity contribution is 5.82. The molecule has 2 aliphatic heterocycles. The quantitative estimate of drug-likeness (QED) is 0.615. The molecule has 2 rings (SSSR count). The molecule has 0 spiro atoms. The highest BCUT2D eigenvalue weighted by atomic mass is 16.5. The lowest BCUT2D eigenvalue weighted by molar-refractivity contribution is -0.140. The molecule has 16 heavy (non-hydrogen) atoms. The van der Waals surface area contributed by atoms with Crippen LogP contribution in [0.1, 0.15) is 13.8 Å². The number of carbonyl (C=O) groups is 1. The van der Waals surface area contributed by atoms with Crippen LogP contribution in [0.5, 0.6) is 0 Å². The van der Waals surface area contributed by atoms with E-state index in [-0.39, 0.29) is 18.1 Å². The van der Waals surface area contributed by atoms with Gasteiger partial charge in [0, 0.05) is 32.2 Å². The first-order chi connectivity index (χ1) is 7.68. The molecule has 3 atom stereocenters. The first-order valence-corrected chi connectivity index (χ1v) is 6.05. The smallest absolute Gasteiger partial charge is 0.242 e. The van der Waals surface area contributed by atoms with Crippen molar-refractivity contribution in [3.63, 3.8) is 0 Å². The maximum absolute atomic E-state index is 12.3. The minimum Gasteiger partial charge on any atom is -0.375 e. The summed E-state index contributed by atoms with van der Waals surface area (Å²) in [5.74, 6) is 0.181. The van der Waals surface area contributed by atoms with Gasteiger partial charge in [0.1, 0.15) is 6.04 Å². The number of nitrogens with zero attached hydrogens (tertiary/aromatic N) is 1. The fourth-order valence-corrected chi connectivity index (χ4v) is 2.34. The molecule has 0 radical (unpaired) electrons. The first-order valence-electron chi connectivity index (χ1n) is 6.05. The largest absolute Gasteiger partial charge is 0.375 e. The summed E-state index contributed by atoms with van der Waals surface area (Å²) in [6.07, 6.45) is -0.0218. The van der Waals surface area contributed by atoms with E-state index in [0.29, 0.717) is 12.6 Å². The van der Waals surface area contributed by atoms with Crippen LogP contribution in [0.15, 0.2) is 0 Å². The zero-order valence-corrected chi connectivity index (χ0v) is 10.0. The summed E-state index contributed by atoms with van der Waals surface area (Å²) in [6.45, 7) is 8.01. The molecular weight excluding hydrogens is 206 g/mol. The minimum absolute atomic E-state index is 0.0218. The Kier molecular flexibility index (Phi) is 3.78. The molecule has 0 bridgehead atoms. The fraction of sp³-hybridized carbons (Fsp3) is 0.909. The monoisotopic (exact) mass is 227 g/mol. The average molecular weight is 227 g/mol. The van der Waals surface area contributed by atoms with Crippen LogP contribution < -0.4 is 10.6 Å². The summed E-state index contributed by atoms with van der Waals surface area (Å²) < 4.78 is 5.50. The van der Waals surface area contributed by atoms with Gasteiger partial charge in [-0.1, -0.05) is 0 Å². The second-order valence-electron chi connectivity index (χ2n) is 4.65. The topological polar surface area (TPSA) is 53.6 Å². The molecule has 0 saturated carbocycles. The Morgan fingerprint density at radius 2 is 2.12 bits per heavy atom. The molecule has 2 heterocycles. The number of hydrogen-bond donors (Lipinski definition) is 2. The number of morpholine rings is 1. The molecule has 5 nitrogen and oxygen atoms in total. The van der Waals surface area contributed by atoms with Crippen molar-refractivity contribution < 1.29 is 9.53 Å². The van der Waals surface area contributed by atoms with E-state index >= 15 is 0 Å². The Hall–Kier alpha value is -0.650. The van der Waals surface area contributed by atoms with Crippen LogP contribution in [0.25, 0.3) is 0 Å². The third-order valence-corrected chi connectivity index (χ3v) is 3.26. The highest BCUT2D eigenvalue weighted by Crippen LogP contribution is 2.09. The molecule has 5 heteroatoms. The van der Waals surface area contributed by atoms with Gasteiger partial charge in [0.05, 0.1) is 12.7 Å². The number of carbonyl (C=O) groups excluding carboxylic acids is 1. The number of ether oxygens (including phenoxy) is 1. The van der Waals surface area contributed by atoms with Gasteiger partial charge < -0.3 is 20.3 Å². The van der Waals surface area contributed by atoms with Gasteiger partial charge >= 0.3 is 0 Å². The SMILES string of the molecule is CC1CN(C(=O)[C@H]2NCCO[C@@H]2C)CCN1. The molecule has 1 unspecified atom stereocenters. The predicted octanol–water partition coefficient (Wildman–Crippen LogP) is -0.816. The van der Waals surface area contributed by atoms with Crippen molar-refractivity contribution in [1.82, 2.24) is 15.5 Å². The molecule has 1 amide bonds. The number of nitrogens with one attached hydrogen (secondary N) is 2. The fourth-order valence-electron chi connectivity index (χ4n) is 2.34. The van der Waals surface area contributed by atoms with Crippen molar-refractivity contribution in [1.29, 1.82) is 0 Å².